The lowest BCUT2D eigenvalue weighted by Gasteiger charge is -2.36. The van der Waals surface area contributed by atoms with E-state index in [9.17, 15) is 5.11 Å². The maximum absolute atomic E-state index is 10.1. The molecule has 2 N–H and O–H groups in total. The highest BCUT2D eigenvalue weighted by atomic mass is 16.5. The minimum Gasteiger partial charge on any atom is -0.497 e. The van der Waals surface area contributed by atoms with Crippen LogP contribution in [0.5, 0.6) is 11.5 Å². The molecule has 3 atom stereocenters. The number of benzene rings is 1. The van der Waals surface area contributed by atoms with E-state index in [2.05, 4.69) is 30.1 Å². The molecular weight excluding hydrogens is 446 g/mol. The van der Waals surface area contributed by atoms with Gasteiger partial charge in [-0.05, 0) is 37.9 Å². The molecular formula is C26H35N5O4. The second-order valence-electron chi connectivity index (χ2n) is 9.74. The first-order valence-electron chi connectivity index (χ1n) is 12.4. The van der Waals surface area contributed by atoms with Crippen LogP contribution in [0.15, 0.2) is 30.5 Å². The lowest BCUT2D eigenvalue weighted by atomic mass is 10.1. The molecule has 2 fully saturated rings. The predicted octanol–water partition coefficient (Wildman–Crippen LogP) is 2.85. The number of ether oxygens (including phenoxy) is 3. The number of aliphatic hydroxyl groups excluding tert-OH is 1. The highest BCUT2D eigenvalue weighted by Gasteiger charge is 2.39. The zero-order valence-electron chi connectivity index (χ0n) is 20.9. The SMILES string of the molecule is CNCC(O)COc1cc(OC)cc(-c2cc(N3C4CCC3COC4)n3ncc(C(C)C)c3n2)c1. The number of hydrogen-bond acceptors (Lipinski definition) is 8. The minimum absolute atomic E-state index is 0.183. The molecule has 0 aliphatic carbocycles. The van der Waals surface area contributed by atoms with Gasteiger partial charge in [-0.15, -0.1) is 0 Å². The smallest absolute Gasteiger partial charge is 0.161 e. The average Bonchev–Trinajstić information content (AvgIpc) is 3.39. The van der Waals surface area contributed by atoms with Gasteiger partial charge in [-0.3, -0.25) is 0 Å². The van der Waals surface area contributed by atoms with E-state index in [0.717, 1.165) is 54.3 Å². The minimum atomic E-state index is -0.604. The van der Waals surface area contributed by atoms with Crippen molar-refractivity contribution < 1.29 is 19.3 Å². The van der Waals surface area contributed by atoms with Gasteiger partial charge >= 0.3 is 0 Å². The number of hydrogen-bond donors (Lipinski definition) is 2. The summed E-state index contributed by atoms with van der Waals surface area (Å²) in [5, 5.41) is 17.8. The van der Waals surface area contributed by atoms with Gasteiger partial charge < -0.3 is 29.5 Å². The third-order valence-electron chi connectivity index (χ3n) is 6.90. The molecule has 3 aromatic rings. The fraction of sp³-hybridized carbons (Fsp3) is 0.538. The summed E-state index contributed by atoms with van der Waals surface area (Å²) in [6.45, 7) is 6.44. The number of aromatic nitrogens is 3. The van der Waals surface area contributed by atoms with Crippen molar-refractivity contribution in [2.45, 2.75) is 50.8 Å². The van der Waals surface area contributed by atoms with Gasteiger partial charge in [0.1, 0.15) is 30.0 Å². The summed E-state index contributed by atoms with van der Waals surface area (Å²) in [5.74, 6) is 2.64. The van der Waals surface area contributed by atoms with Gasteiger partial charge in [0, 0.05) is 29.8 Å². The van der Waals surface area contributed by atoms with Crippen LogP contribution < -0.4 is 19.7 Å². The molecule has 2 aromatic heterocycles. The molecule has 35 heavy (non-hydrogen) atoms. The Kier molecular flexibility index (Phi) is 6.82. The number of likely N-dealkylation sites (N-methyl/N-ethyl adjacent to an activating group) is 1. The summed E-state index contributed by atoms with van der Waals surface area (Å²) in [6, 6.07) is 8.56. The molecule has 9 heteroatoms. The lowest BCUT2D eigenvalue weighted by molar-refractivity contribution is 0.0900. The van der Waals surface area contributed by atoms with Gasteiger partial charge in [0.25, 0.3) is 0 Å². The fourth-order valence-electron chi connectivity index (χ4n) is 5.11. The molecule has 2 aliphatic rings. The van der Waals surface area contributed by atoms with Crippen LogP contribution in [0.25, 0.3) is 16.9 Å². The summed E-state index contributed by atoms with van der Waals surface area (Å²) in [6.07, 6.45) is 3.57. The van der Waals surface area contributed by atoms with E-state index in [1.54, 1.807) is 14.2 Å². The van der Waals surface area contributed by atoms with Crippen molar-refractivity contribution in [2.24, 2.45) is 0 Å². The number of morpholine rings is 1. The molecule has 0 radical (unpaired) electrons. The summed E-state index contributed by atoms with van der Waals surface area (Å²) in [7, 11) is 3.44. The van der Waals surface area contributed by atoms with Crippen molar-refractivity contribution in [1.82, 2.24) is 19.9 Å². The van der Waals surface area contributed by atoms with E-state index in [-0.39, 0.29) is 6.61 Å². The molecule has 2 aliphatic heterocycles. The third-order valence-corrected chi connectivity index (χ3v) is 6.90. The number of fused-ring (bicyclic) bond motifs is 3. The summed E-state index contributed by atoms with van der Waals surface area (Å²) in [5.41, 5.74) is 3.71. The second-order valence-corrected chi connectivity index (χ2v) is 9.74. The van der Waals surface area contributed by atoms with E-state index in [1.165, 1.54) is 0 Å². The molecule has 2 bridgehead atoms. The zero-order chi connectivity index (χ0) is 24.5. The van der Waals surface area contributed by atoms with Crippen LogP contribution in [-0.2, 0) is 4.74 Å². The van der Waals surface area contributed by atoms with Gasteiger partial charge in [-0.25, -0.2) is 4.98 Å². The Labute approximate surface area is 206 Å². The van der Waals surface area contributed by atoms with E-state index < -0.39 is 6.10 Å². The monoisotopic (exact) mass is 481 g/mol. The summed E-state index contributed by atoms with van der Waals surface area (Å²) < 4.78 is 19.3. The van der Waals surface area contributed by atoms with E-state index in [4.69, 9.17) is 24.3 Å². The number of aliphatic hydroxyl groups is 1. The molecule has 1 aromatic carbocycles. The first kappa shape index (κ1) is 23.8. The average molecular weight is 482 g/mol. The number of anilines is 1. The Morgan fingerprint density at radius 1 is 1.14 bits per heavy atom. The molecule has 0 spiro atoms. The van der Waals surface area contributed by atoms with Crippen LogP contribution in [0.1, 0.15) is 38.2 Å². The van der Waals surface area contributed by atoms with Gasteiger partial charge in [-0.1, -0.05) is 13.8 Å². The molecule has 3 unspecified atom stereocenters. The largest absolute Gasteiger partial charge is 0.497 e. The normalized spacial score (nSPS) is 20.6. The quantitative estimate of drug-likeness (QED) is 0.482. The Morgan fingerprint density at radius 2 is 1.89 bits per heavy atom. The van der Waals surface area contributed by atoms with Crippen molar-refractivity contribution in [1.29, 1.82) is 0 Å². The van der Waals surface area contributed by atoms with Crippen molar-refractivity contribution in [3.63, 3.8) is 0 Å². The topological polar surface area (TPSA) is 93.4 Å². The maximum Gasteiger partial charge on any atom is 0.161 e. The van der Waals surface area contributed by atoms with Gasteiger partial charge in [0.05, 0.1) is 44.3 Å². The lowest BCUT2D eigenvalue weighted by Crippen LogP contribution is -2.46. The van der Waals surface area contributed by atoms with Gasteiger partial charge in [0.2, 0.25) is 0 Å². The first-order chi connectivity index (χ1) is 17.0. The Balaban J connectivity index is 1.60. The van der Waals surface area contributed by atoms with Crippen LogP contribution in [0.4, 0.5) is 5.82 Å². The van der Waals surface area contributed by atoms with Crippen LogP contribution in [0, 0.1) is 0 Å². The van der Waals surface area contributed by atoms with Gasteiger partial charge in [0.15, 0.2) is 5.65 Å². The maximum atomic E-state index is 10.1. The van der Waals surface area contributed by atoms with Crippen molar-refractivity contribution in [3.05, 3.63) is 36.0 Å². The Hall–Kier alpha value is -2.88. The first-order valence-corrected chi connectivity index (χ1v) is 12.4. The molecule has 0 amide bonds. The van der Waals surface area contributed by atoms with E-state index in [0.29, 0.717) is 36.0 Å². The van der Waals surface area contributed by atoms with Gasteiger partial charge in [-0.2, -0.15) is 9.61 Å². The molecule has 188 valence electrons. The van der Waals surface area contributed by atoms with Crippen LogP contribution in [0.2, 0.25) is 0 Å². The third kappa shape index (κ3) is 4.68. The van der Waals surface area contributed by atoms with Crippen LogP contribution in [-0.4, -0.2) is 78.4 Å². The predicted molar refractivity (Wildman–Crippen MR) is 135 cm³/mol. The summed E-state index contributed by atoms with van der Waals surface area (Å²) in [4.78, 5) is 7.54. The number of nitrogens with zero attached hydrogens (tertiary/aromatic N) is 4. The van der Waals surface area contributed by atoms with E-state index >= 15 is 0 Å². The highest BCUT2D eigenvalue weighted by Crippen LogP contribution is 2.38. The van der Waals surface area contributed by atoms with Crippen molar-refractivity contribution >= 4 is 11.5 Å². The molecule has 9 nitrogen and oxygen atoms in total. The number of nitrogens with one attached hydrogen (secondary N) is 1. The fourth-order valence-corrected chi connectivity index (χ4v) is 5.11. The standard InChI is InChI=1S/C26H35N5O4/c1-16(2)23-12-28-31-25(30-18-5-6-19(30)14-34-13-18)10-24(29-26(23)31)17-7-21(33-4)9-22(8-17)35-15-20(32)11-27-3/h7-10,12,16,18-20,27,32H,5-6,11,13-15H2,1-4H3. The van der Waals surface area contributed by atoms with Crippen molar-refractivity contribution in [3.8, 4) is 22.8 Å². The number of rotatable bonds is 9. The molecule has 0 saturated carbocycles. The Bertz CT molecular complexity index is 1160. The van der Waals surface area contributed by atoms with E-state index in [1.807, 2.05) is 28.9 Å². The highest BCUT2D eigenvalue weighted by molar-refractivity contribution is 5.71. The number of methoxy groups -OCH3 is 1. The Morgan fingerprint density at radius 3 is 2.57 bits per heavy atom. The zero-order valence-corrected chi connectivity index (χ0v) is 20.9. The van der Waals surface area contributed by atoms with Crippen LogP contribution >= 0.6 is 0 Å². The second kappa shape index (κ2) is 10.0. The molecule has 2 saturated heterocycles. The molecule has 4 heterocycles. The van der Waals surface area contributed by atoms with Crippen molar-refractivity contribution in [2.75, 3.05) is 45.4 Å². The van der Waals surface area contributed by atoms with Crippen LogP contribution in [0.3, 0.4) is 0 Å². The molecule has 5 rings (SSSR count). The summed E-state index contributed by atoms with van der Waals surface area (Å²) >= 11 is 0.